The smallest absolute Gasteiger partial charge is 0.224 e. The average molecular weight is 447 g/mol. The van der Waals surface area contributed by atoms with Crippen LogP contribution in [0.5, 0.6) is 0 Å². The molecule has 0 aliphatic rings. The van der Waals surface area contributed by atoms with Crippen LogP contribution >= 0.6 is 11.6 Å². The quantitative estimate of drug-likeness (QED) is 0.405. The normalized spacial score (nSPS) is 10.7. The van der Waals surface area contributed by atoms with Crippen molar-refractivity contribution in [2.75, 3.05) is 10.6 Å². The van der Waals surface area contributed by atoms with Gasteiger partial charge in [-0.3, -0.25) is 4.79 Å². The zero-order valence-corrected chi connectivity index (χ0v) is 18.6. The molecule has 0 saturated carbocycles. The van der Waals surface area contributed by atoms with E-state index in [9.17, 15) is 4.79 Å². The number of hydrogen-bond acceptors (Lipinski definition) is 5. The van der Waals surface area contributed by atoms with Gasteiger partial charge in [0.2, 0.25) is 5.91 Å². The highest BCUT2D eigenvalue weighted by molar-refractivity contribution is 6.30. The molecule has 0 fully saturated rings. The molecule has 4 aromatic rings. The standard InChI is InChI=1S/C24H23ClN6O/c1-16-14-17(2)31(30-16)23-12-11-22(28-29-23)26-20-7-9-21(10-8-20)27-24(32)13-6-18-4-3-5-19(25)15-18/h3-5,7-12,14-15H,6,13H2,1-2H3,(H,26,28)(H,27,32). The molecule has 2 aromatic carbocycles. The molecule has 0 aliphatic carbocycles. The number of benzene rings is 2. The Bertz CT molecular complexity index is 1220. The maximum absolute atomic E-state index is 12.2. The summed E-state index contributed by atoms with van der Waals surface area (Å²) in [7, 11) is 0. The maximum atomic E-state index is 12.2. The molecular formula is C24H23ClN6O. The van der Waals surface area contributed by atoms with Gasteiger partial charge in [0.25, 0.3) is 0 Å². The van der Waals surface area contributed by atoms with Crippen molar-refractivity contribution in [1.82, 2.24) is 20.0 Å². The lowest BCUT2D eigenvalue weighted by atomic mass is 10.1. The molecule has 162 valence electrons. The van der Waals surface area contributed by atoms with Crippen LogP contribution in [-0.2, 0) is 11.2 Å². The lowest BCUT2D eigenvalue weighted by Crippen LogP contribution is -2.12. The Kier molecular flexibility index (Phi) is 6.47. The van der Waals surface area contributed by atoms with E-state index in [1.165, 1.54) is 0 Å². The Morgan fingerprint density at radius 1 is 0.969 bits per heavy atom. The number of nitrogens with zero attached hydrogens (tertiary/aromatic N) is 4. The third kappa shape index (κ3) is 5.50. The lowest BCUT2D eigenvalue weighted by molar-refractivity contribution is -0.116. The summed E-state index contributed by atoms with van der Waals surface area (Å²) in [6.45, 7) is 3.92. The highest BCUT2D eigenvalue weighted by Gasteiger charge is 2.07. The van der Waals surface area contributed by atoms with Gasteiger partial charge in [-0.05, 0) is 80.4 Å². The number of hydrogen-bond donors (Lipinski definition) is 2. The molecule has 32 heavy (non-hydrogen) atoms. The van der Waals surface area contributed by atoms with Crippen LogP contribution in [0, 0.1) is 13.8 Å². The van der Waals surface area contributed by atoms with Crippen molar-refractivity contribution in [3.05, 3.63) is 88.7 Å². The van der Waals surface area contributed by atoms with Gasteiger partial charge < -0.3 is 10.6 Å². The van der Waals surface area contributed by atoms with E-state index in [4.69, 9.17) is 11.6 Å². The molecule has 0 spiro atoms. The first kappa shape index (κ1) is 21.5. The van der Waals surface area contributed by atoms with Gasteiger partial charge in [-0.25, -0.2) is 4.68 Å². The van der Waals surface area contributed by atoms with Gasteiger partial charge in [0.15, 0.2) is 11.6 Å². The van der Waals surface area contributed by atoms with Crippen LogP contribution < -0.4 is 10.6 Å². The average Bonchev–Trinajstić information content (AvgIpc) is 3.12. The summed E-state index contributed by atoms with van der Waals surface area (Å²) in [5.74, 6) is 1.24. The van der Waals surface area contributed by atoms with Crippen molar-refractivity contribution in [2.45, 2.75) is 26.7 Å². The van der Waals surface area contributed by atoms with E-state index < -0.39 is 0 Å². The topological polar surface area (TPSA) is 84.7 Å². The minimum atomic E-state index is -0.0451. The van der Waals surface area contributed by atoms with Crippen molar-refractivity contribution in [1.29, 1.82) is 0 Å². The van der Waals surface area contributed by atoms with Gasteiger partial charge in [-0.15, -0.1) is 10.2 Å². The number of nitrogens with one attached hydrogen (secondary N) is 2. The summed E-state index contributed by atoms with van der Waals surface area (Å²) >= 11 is 5.99. The minimum Gasteiger partial charge on any atom is -0.339 e. The molecule has 0 radical (unpaired) electrons. The first-order valence-corrected chi connectivity index (χ1v) is 10.6. The van der Waals surface area contributed by atoms with Crippen molar-refractivity contribution >= 4 is 34.7 Å². The van der Waals surface area contributed by atoms with Crippen molar-refractivity contribution < 1.29 is 4.79 Å². The number of halogens is 1. The summed E-state index contributed by atoms with van der Waals surface area (Å²) in [5, 5.41) is 19.7. The number of aromatic nitrogens is 4. The molecule has 0 aliphatic heterocycles. The second-order valence-corrected chi connectivity index (χ2v) is 7.93. The zero-order chi connectivity index (χ0) is 22.5. The number of carbonyl (C=O) groups excluding carboxylic acids is 1. The van der Waals surface area contributed by atoms with Crippen LogP contribution in [-0.4, -0.2) is 25.9 Å². The van der Waals surface area contributed by atoms with Gasteiger partial charge in [0.05, 0.1) is 5.69 Å². The van der Waals surface area contributed by atoms with Gasteiger partial charge in [-0.1, -0.05) is 23.7 Å². The Hall–Kier alpha value is -3.71. The Morgan fingerprint density at radius 2 is 1.75 bits per heavy atom. The molecule has 1 amide bonds. The summed E-state index contributed by atoms with van der Waals surface area (Å²) < 4.78 is 1.76. The zero-order valence-electron chi connectivity index (χ0n) is 17.8. The molecule has 4 rings (SSSR count). The number of rotatable bonds is 7. The molecule has 2 aromatic heterocycles. The van der Waals surface area contributed by atoms with Crippen molar-refractivity contribution in [3.8, 4) is 5.82 Å². The van der Waals surface area contributed by atoms with E-state index >= 15 is 0 Å². The highest BCUT2D eigenvalue weighted by atomic mass is 35.5. The maximum Gasteiger partial charge on any atom is 0.224 e. The molecule has 0 atom stereocenters. The van der Waals surface area contributed by atoms with Crippen LogP contribution in [0.15, 0.2) is 66.7 Å². The fourth-order valence-electron chi connectivity index (χ4n) is 3.32. The van der Waals surface area contributed by atoms with Crippen LogP contribution in [0.3, 0.4) is 0 Å². The van der Waals surface area contributed by atoms with E-state index in [-0.39, 0.29) is 5.91 Å². The molecule has 0 bridgehead atoms. The molecular weight excluding hydrogens is 424 g/mol. The molecule has 0 unspecified atom stereocenters. The van der Waals surface area contributed by atoms with Gasteiger partial charge in [0.1, 0.15) is 0 Å². The fraction of sp³-hybridized carbons (Fsp3) is 0.167. The predicted molar refractivity (Wildman–Crippen MR) is 127 cm³/mol. The monoisotopic (exact) mass is 446 g/mol. The second-order valence-electron chi connectivity index (χ2n) is 7.50. The van der Waals surface area contributed by atoms with E-state index in [0.717, 1.165) is 28.3 Å². The second kappa shape index (κ2) is 9.62. The van der Waals surface area contributed by atoms with Gasteiger partial charge in [-0.2, -0.15) is 5.10 Å². The van der Waals surface area contributed by atoms with Crippen LogP contribution in [0.25, 0.3) is 5.82 Å². The minimum absolute atomic E-state index is 0.0451. The third-order valence-corrected chi connectivity index (χ3v) is 5.08. The van der Waals surface area contributed by atoms with E-state index in [0.29, 0.717) is 29.5 Å². The van der Waals surface area contributed by atoms with E-state index in [1.807, 2.05) is 80.6 Å². The summed E-state index contributed by atoms with van der Waals surface area (Å²) in [6.07, 6.45) is 1.02. The SMILES string of the molecule is Cc1cc(C)n(-c2ccc(Nc3ccc(NC(=O)CCc4cccc(Cl)c4)cc3)nn2)n1. The lowest BCUT2D eigenvalue weighted by Gasteiger charge is -2.09. The Labute approximate surface area is 191 Å². The summed E-state index contributed by atoms with van der Waals surface area (Å²) in [4.78, 5) is 12.2. The molecule has 0 saturated heterocycles. The van der Waals surface area contributed by atoms with Crippen LogP contribution in [0.2, 0.25) is 5.02 Å². The number of carbonyl (C=O) groups is 1. The van der Waals surface area contributed by atoms with Crippen molar-refractivity contribution in [2.24, 2.45) is 0 Å². The highest BCUT2D eigenvalue weighted by Crippen LogP contribution is 2.19. The van der Waals surface area contributed by atoms with Gasteiger partial charge >= 0.3 is 0 Å². The Morgan fingerprint density at radius 3 is 2.41 bits per heavy atom. The van der Waals surface area contributed by atoms with Crippen LogP contribution in [0.1, 0.15) is 23.4 Å². The molecule has 2 heterocycles. The largest absolute Gasteiger partial charge is 0.339 e. The predicted octanol–water partition coefficient (Wildman–Crippen LogP) is 5.25. The van der Waals surface area contributed by atoms with E-state index in [2.05, 4.69) is 25.9 Å². The van der Waals surface area contributed by atoms with E-state index in [1.54, 1.807) is 4.68 Å². The fourth-order valence-corrected chi connectivity index (χ4v) is 3.54. The summed E-state index contributed by atoms with van der Waals surface area (Å²) in [6, 6.07) is 20.7. The van der Waals surface area contributed by atoms with Crippen molar-refractivity contribution in [3.63, 3.8) is 0 Å². The molecule has 2 N–H and O–H groups in total. The molecule has 8 heteroatoms. The molecule has 7 nitrogen and oxygen atoms in total. The van der Waals surface area contributed by atoms with Crippen LogP contribution in [0.4, 0.5) is 17.2 Å². The summed E-state index contributed by atoms with van der Waals surface area (Å²) in [5.41, 5.74) is 4.55. The van der Waals surface area contributed by atoms with Gasteiger partial charge in [0, 0.05) is 28.5 Å². The first-order valence-electron chi connectivity index (χ1n) is 10.2. The first-order chi connectivity index (χ1) is 15.5. The number of amides is 1. The number of aryl methyl sites for hydroxylation is 3. The number of anilines is 3. The Balaban J connectivity index is 1.31. The third-order valence-electron chi connectivity index (χ3n) is 4.85.